The molecule has 0 aromatic heterocycles. The molecule has 12 heteroatoms. The highest BCUT2D eigenvalue weighted by Crippen LogP contribution is 2.43. The maximum absolute atomic E-state index is 12.6. The van der Waals surface area contributed by atoms with Gasteiger partial charge in [-0.15, -0.1) is 0 Å². The molecule has 0 aliphatic heterocycles. The van der Waals surface area contributed by atoms with Crippen LogP contribution in [0.5, 0.6) is 0 Å². The molecule has 0 spiro atoms. The Labute approximate surface area is 361 Å². The number of esters is 2. The Morgan fingerprint density at radius 1 is 0.567 bits per heavy atom. The van der Waals surface area contributed by atoms with Crippen LogP contribution in [0.2, 0.25) is 0 Å². The molecule has 0 bridgehead atoms. The van der Waals surface area contributed by atoms with Crippen LogP contribution >= 0.6 is 7.82 Å². The van der Waals surface area contributed by atoms with Gasteiger partial charge in [0.15, 0.2) is 11.9 Å². The number of phosphoric ester groups is 1. The summed E-state index contributed by atoms with van der Waals surface area (Å²) in [6, 6.07) is 0. The molecule has 0 heterocycles. The third kappa shape index (κ3) is 41.1. The van der Waals surface area contributed by atoms with Gasteiger partial charge in [-0.3, -0.25) is 23.4 Å². The van der Waals surface area contributed by atoms with Gasteiger partial charge in [-0.25, -0.2) is 4.57 Å². The average Bonchev–Trinajstić information content (AvgIpc) is 3.23. The number of ether oxygens (including phenoxy) is 2. The van der Waals surface area contributed by atoms with Crippen molar-refractivity contribution < 1.29 is 52.6 Å². The molecule has 0 fully saturated rings. The second-order valence-corrected chi connectivity index (χ2v) is 15.5. The first-order valence-corrected chi connectivity index (χ1v) is 23.3. The number of carbonyl (C=O) groups excluding carboxylic acids is 3. The van der Waals surface area contributed by atoms with E-state index >= 15 is 0 Å². The van der Waals surface area contributed by atoms with Crippen LogP contribution in [0.4, 0.5) is 0 Å². The SMILES string of the molecule is CC/C=C\C/C=C\C/C=C\C/C=C\C/C=C\CCCCCC(=O)OC[C@H](COP(=O)(O)OC[C@@H](O)CO)OC(=O)CCC/C=C\C/C=C\C/C=C\C=C\C(=O)CCCCC. The normalized spacial score (nSPS) is 14.8. The molecular weight excluding hydrogens is 783 g/mol. The summed E-state index contributed by atoms with van der Waals surface area (Å²) in [5.74, 6) is -0.924. The topological polar surface area (TPSA) is 166 Å². The summed E-state index contributed by atoms with van der Waals surface area (Å²) < 4.78 is 32.6. The van der Waals surface area contributed by atoms with E-state index in [1.54, 1.807) is 12.2 Å². The maximum Gasteiger partial charge on any atom is 0.472 e. The lowest BCUT2D eigenvalue weighted by Crippen LogP contribution is -2.29. The van der Waals surface area contributed by atoms with Crippen molar-refractivity contribution in [1.29, 1.82) is 0 Å². The van der Waals surface area contributed by atoms with Crippen LogP contribution in [-0.2, 0) is 37.5 Å². The zero-order chi connectivity index (χ0) is 44.2. The molecule has 11 nitrogen and oxygen atoms in total. The molecule has 0 aromatic carbocycles. The molecule has 0 amide bonds. The van der Waals surface area contributed by atoms with Crippen LogP contribution < -0.4 is 0 Å². The quantitative estimate of drug-likeness (QED) is 0.0134. The van der Waals surface area contributed by atoms with Crippen molar-refractivity contribution in [2.24, 2.45) is 0 Å². The largest absolute Gasteiger partial charge is 0.472 e. The van der Waals surface area contributed by atoms with Crippen LogP contribution in [0.3, 0.4) is 0 Å². The van der Waals surface area contributed by atoms with Crippen molar-refractivity contribution in [3.8, 4) is 0 Å². The van der Waals surface area contributed by atoms with Crippen molar-refractivity contribution in [1.82, 2.24) is 0 Å². The summed E-state index contributed by atoms with van der Waals surface area (Å²) in [4.78, 5) is 46.7. The lowest BCUT2D eigenvalue weighted by Gasteiger charge is -2.20. The van der Waals surface area contributed by atoms with Gasteiger partial charge in [-0.05, 0) is 89.5 Å². The van der Waals surface area contributed by atoms with E-state index in [-0.39, 0.29) is 25.2 Å². The van der Waals surface area contributed by atoms with E-state index in [0.717, 1.165) is 83.5 Å². The first kappa shape index (κ1) is 56.3. The van der Waals surface area contributed by atoms with E-state index < -0.39 is 51.8 Å². The number of rotatable bonds is 39. The van der Waals surface area contributed by atoms with Gasteiger partial charge in [0.25, 0.3) is 0 Å². The Kier molecular flexibility index (Phi) is 39.4. The summed E-state index contributed by atoms with van der Waals surface area (Å²) >= 11 is 0. The van der Waals surface area contributed by atoms with Crippen molar-refractivity contribution >= 4 is 25.5 Å². The van der Waals surface area contributed by atoms with Gasteiger partial charge in [0.2, 0.25) is 0 Å². The number of carbonyl (C=O) groups is 3. The first-order valence-electron chi connectivity index (χ1n) is 21.8. The third-order valence-electron chi connectivity index (χ3n) is 8.39. The second-order valence-electron chi connectivity index (χ2n) is 14.0. The van der Waals surface area contributed by atoms with E-state index in [4.69, 9.17) is 19.1 Å². The van der Waals surface area contributed by atoms with E-state index in [1.165, 1.54) is 0 Å². The Morgan fingerprint density at radius 2 is 1.08 bits per heavy atom. The van der Waals surface area contributed by atoms with Crippen molar-refractivity contribution in [3.05, 3.63) is 109 Å². The second kappa shape index (κ2) is 42.0. The van der Waals surface area contributed by atoms with E-state index in [0.29, 0.717) is 25.7 Å². The van der Waals surface area contributed by atoms with Crippen molar-refractivity contribution in [2.75, 3.05) is 26.4 Å². The van der Waals surface area contributed by atoms with Gasteiger partial charge >= 0.3 is 19.8 Å². The fourth-order valence-corrected chi connectivity index (χ4v) is 5.81. The minimum Gasteiger partial charge on any atom is -0.462 e. The van der Waals surface area contributed by atoms with Crippen molar-refractivity contribution in [2.45, 2.75) is 148 Å². The molecule has 3 N–H and O–H groups in total. The van der Waals surface area contributed by atoms with Crippen LogP contribution in [0.25, 0.3) is 0 Å². The molecule has 1 unspecified atom stereocenters. The number of ketones is 1. The lowest BCUT2D eigenvalue weighted by molar-refractivity contribution is -0.161. The summed E-state index contributed by atoms with van der Waals surface area (Å²) in [5.41, 5.74) is 0. The first-order chi connectivity index (χ1) is 29.1. The fourth-order valence-electron chi connectivity index (χ4n) is 5.02. The number of allylic oxidation sites excluding steroid dienone is 18. The Bertz CT molecular complexity index is 1420. The predicted molar refractivity (Wildman–Crippen MR) is 242 cm³/mol. The Hall–Kier alpha value is -3.70. The van der Waals surface area contributed by atoms with Gasteiger partial charge in [0.05, 0.1) is 19.8 Å². The number of aliphatic hydroxyl groups excluding tert-OH is 2. The number of phosphoric acid groups is 1. The predicted octanol–water partition coefficient (Wildman–Crippen LogP) is 11.0. The zero-order valence-corrected chi connectivity index (χ0v) is 37.3. The van der Waals surface area contributed by atoms with Gasteiger partial charge in [-0.1, -0.05) is 136 Å². The number of aliphatic hydroxyl groups is 2. The molecule has 0 saturated heterocycles. The van der Waals surface area contributed by atoms with Gasteiger partial charge in [-0.2, -0.15) is 0 Å². The van der Waals surface area contributed by atoms with Crippen LogP contribution in [-0.4, -0.2) is 71.5 Å². The van der Waals surface area contributed by atoms with Gasteiger partial charge in [0.1, 0.15) is 12.7 Å². The smallest absolute Gasteiger partial charge is 0.462 e. The highest BCUT2D eigenvalue weighted by atomic mass is 31.2. The number of hydrogen-bond acceptors (Lipinski definition) is 10. The van der Waals surface area contributed by atoms with Gasteiger partial charge < -0.3 is 24.6 Å². The molecule has 0 saturated carbocycles. The van der Waals surface area contributed by atoms with Crippen molar-refractivity contribution in [3.63, 3.8) is 0 Å². The Balaban J connectivity index is 4.52. The summed E-state index contributed by atoms with van der Waals surface area (Å²) in [5, 5.41) is 18.3. The monoisotopic (exact) mass is 859 g/mol. The molecule has 0 aliphatic carbocycles. The molecule has 338 valence electrons. The van der Waals surface area contributed by atoms with Crippen LogP contribution in [0.15, 0.2) is 109 Å². The molecule has 0 rings (SSSR count). The molecule has 3 atom stereocenters. The van der Waals surface area contributed by atoms with E-state index in [1.807, 2.05) is 36.5 Å². The molecule has 0 radical (unpaired) electrons. The summed E-state index contributed by atoms with van der Waals surface area (Å²) in [6.07, 6.45) is 49.0. The standard InChI is InChI=1S/C48H75O11P/c1-3-5-7-8-9-10-11-12-13-14-15-16-17-18-21-24-27-30-34-38-47(52)56-42-46(43-58-60(54,55)57-41-45(51)40-49)59-48(53)39-35-31-28-25-22-19-20-23-26-29-33-37-44(50)36-32-6-4-2/h5,7,9-10,12-13,15-16,18-21,25-26,28-29,33,37,45-46,49,51H,3-4,6,8,11,14,17,22-24,27,30-32,34-36,38-43H2,1-2H3,(H,54,55)/b7-5-,10-9-,13-12-,16-15-,20-19-,21-18-,28-25-,29-26-,37-33+/t45-,46+/m0/s1. The minimum atomic E-state index is -4.66. The minimum absolute atomic E-state index is 0.0674. The molecule has 0 aliphatic rings. The summed E-state index contributed by atoms with van der Waals surface area (Å²) in [7, 11) is -4.66. The highest BCUT2D eigenvalue weighted by Gasteiger charge is 2.27. The van der Waals surface area contributed by atoms with E-state index in [9.17, 15) is 28.9 Å². The summed E-state index contributed by atoms with van der Waals surface area (Å²) in [6.45, 7) is 1.95. The van der Waals surface area contributed by atoms with Crippen LogP contribution in [0, 0.1) is 0 Å². The molecule has 60 heavy (non-hydrogen) atoms. The third-order valence-corrected chi connectivity index (χ3v) is 9.34. The zero-order valence-electron chi connectivity index (χ0n) is 36.4. The molecule has 0 aromatic rings. The highest BCUT2D eigenvalue weighted by molar-refractivity contribution is 7.47. The van der Waals surface area contributed by atoms with Gasteiger partial charge in [0, 0.05) is 19.3 Å². The maximum atomic E-state index is 12.6. The fraction of sp³-hybridized carbons (Fsp3) is 0.562. The average molecular weight is 859 g/mol. The number of hydrogen-bond donors (Lipinski definition) is 3. The Morgan fingerprint density at radius 3 is 1.67 bits per heavy atom. The van der Waals surface area contributed by atoms with Crippen LogP contribution in [0.1, 0.15) is 136 Å². The van der Waals surface area contributed by atoms with E-state index in [2.05, 4.69) is 79.1 Å². The molecular formula is C48H75O11P. The lowest BCUT2D eigenvalue weighted by atomic mass is 10.1. The number of unbranched alkanes of at least 4 members (excludes halogenated alkanes) is 6.